The summed E-state index contributed by atoms with van der Waals surface area (Å²) in [6.45, 7) is 9.91. The number of aliphatic hydroxyl groups excluding tert-OH is 1. The number of ketones is 1. The zero-order valence-corrected chi connectivity index (χ0v) is 20.1. The van der Waals surface area contributed by atoms with Crippen molar-refractivity contribution in [3.05, 3.63) is 92.9 Å². The molecule has 1 aliphatic heterocycles. The van der Waals surface area contributed by atoms with E-state index >= 15 is 0 Å². The van der Waals surface area contributed by atoms with E-state index < -0.39 is 17.7 Å². The molecule has 170 valence electrons. The molecule has 2 aromatic carbocycles. The molecular formula is C27H28N2O3S. The number of Topliss-reactive ketones (excluding diaryl/α,β-unsaturated/α-hetero) is 1. The first-order chi connectivity index (χ1) is 15.9. The van der Waals surface area contributed by atoms with E-state index in [0.29, 0.717) is 10.6 Å². The molecule has 0 radical (unpaired) electrons. The molecule has 33 heavy (non-hydrogen) atoms. The minimum absolute atomic E-state index is 0.123. The SMILES string of the molecule is CCN(CC)c1ccc(C2C(C(=O)c3cccs3)=C(O)C(=O)N2c2ccc(C)cc2C)cc1. The second kappa shape index (κ2) is 9.24. The Morgan fingerprint density at radius 1 is 1.06 bits per heavy atom. The van der Waals surface area contributed by atoms with Crippen molar-refractivity contribution in [3.8, 4) is 0 Å². The van der Waals surface area contributed by atoms with Crippen molar-refractivity contribution in [2.24, 2.45) is 0 Å². The Labute approximate surface area is 198 Å². The molecule has 0 saturated carbocycles. The van der Waals surface area contributed by atoms with Crippen molar-refractivity contribution in [3.63, 3.8) is 0 Å². The largest absolute Gasteiger partial charge is 0.503 e. The lowest BCUT2D eigenvalue weighted by Gasteiger charge is -2.29. The smallest absolute Gasteiger partial charge is 0.294 e. The number of hydrogen-bond donors (Lipinski definition) is 1. The Balaban J connectivity index is 1.86. The molecule has 1 unspecified atom stereocenters. The van der Waals surface area contributed by atoms with E-state index in [1.54, 1.807) is 17.0 Å². The van der Waals surface area contributed by atoms with Crippen LogP contribution < -0.4 is 9.80 Å². The molecule has 3 aromatic rings. The third-order valence-electron chi connectivity index (χ3n) is 6.15. The van der Waals surface area contributed by atoms with E-state index in [-0.39, 0.29) is 11.4 Å². The summed E-state index contributed by atoms with van der Waals surface area (Å²) in [5, 5.41) is 12.7. The maximum atomic E-state index is 13.4. The minimum Gasteiger partial charge on any atom is -0.503 e. The predicted molar refractivity (Wildman–Crippen MR) is 134 cm³/mol. The summed E-state index contributed by atoms with van der Waals surface area (Å²) < 4.78 is 0. The summed E-state index contributed by atoms with van der Waals surface area (Å²) in [5.74, 6) is -1.35. The van der Waals surface area contributed by atoms with Crippen molar-refractivity contribution < 1.29 is 14.7 Å². The Hall–Kier alpha value is -3.38. The third-order valence-corrected chi connectivity index (χ3v) is 7.02. The second-order valence-electron chi connectivity index (χ2n) is 8.20. The van der Waals surface area contributed by atoms with Gasteiger partial charge < -0.3 is 10.0 Å². The van der Waals surface area contributed by atoms with Gasteiger partial charge in [0, 0.05) is 24.5 Å². The average molecular weight is 461 g/mol. The highest BCUT2D eigenvalue weighted by molar-refractivity contribution is 7.12. The normalized spacial score (nSPS) is 15.9. The van der Waals surface area contributed by atoms with Crippen LogP contribution in [0.2, 0.25) is 0 Å². The Morgan fingerprint density at radius 2 is 1.76 bits per heavy atom. The molecule has 0 fully saturated rings. The van der Waals surface area contributed by atoms with Crippen LogP contribution in [0.5, 0.6) is 0 Å². The number of hydrogen-bond acceptors (Lipinski definition) is 5. The van der Waals surface area contributed by atoms with Crippen LogP contribution in [0.3, 0.4) is 0 Å². The van der Waals surface area contributed by atoms with Gasteiger partial charge in [0.05, 0.1) is 16.5 Å². The molecule has 5 nitrogen and oxygen atoms in total. The summed E-state index contributed by atoms with van der Waals surface area (Å²) >= 11 is 1.30. The molecule has 1 aliphatic rings. The fraction of sp³-hybridized carbons (Fsp3) is 0.259. The van der Waals surface area contributed by atoms with Crippen LogP contribution in [0.1, 0.15) is 46.3 Å². The number of nitrogens with zero attached hydrogens (tertiary/aromatic N) is 2. The second-order valence-corrected chi connectivity index (χ2v) is 9.15. The quantitative estimate of drug-likeness (QED) is 0.440. The molecule has 0 bridgehead atoms. The number of aliphatic hydroxyl groups is 1. The molecule has 0 spiro atoms. The fourth-order valence-electron chi connectivity index (χ4n) is 4.47. The van der Waals surface area contributed by atoms with Gasteiger partial charge in [0.25, 0.3) is 5.91 Å². The van der Waals surface area contributed by atoms with E-state index in [1.165, 1.54) is 11.3 Å². The number of rotatable bonds is 7. The van der Waals surface area contributed by atoms with Crippen molar-refractivity contribution in [1.82, 2.24) is 0 Å². The van der Waals surface area contributed by atoms with Gasteiger partial charge in [-0.3, -0.25) is 14.5 Å². The first-order valence-electron chi connectivity index (χ1n) is 11.1. The van der Waals surface area contributed by atoms with Gasteiger partial charge in [-0.1, -0.05) is 35.9 Å². The van der Waals surface area contributed by atoms with Gasteiger partial charge in [0.2, 0.25) is 5.78 Å². The van der Waals surface area contributed by atoms with Crippen LogP contribution in [-0.4, -0.2) is 29.9 Å². The van der Waals surface area contributed by atoms with E-state index in [4.69, 9.17) is 0 Å². The van der Waals surface area contributed by atoms with Crippen LogP contribution in [0.4, 0.5) is 11.4 Å². The van der Waals surface area contributed by atoms with Gasteiger partial charge >= 0.3 is 0 Å². The number of amides is 1. The molecule has 1 atom stereocenters. The van der Waals surface area contributed by atoms with Gasteiger partial charge in [-0.05, 0) is 68.5 Å². The number of anilines is 2. The van der Waals surface area contributed by atoms with E-state index in [9.17, 15) is 14.7 Å². The highest BCUT2D eigenvalue weighted by atomic mass is 32.1. The monoisotopic (exact) mass is 460 g/mol. The van der Waals surface area contributed by atoms with E-state index in [1.807, 2.05) is 61.7 Å². The lowest BCUT2D eigenvalue weighted by Crippen LogP contribution is -2.31. The molecule has 6 heteroatoms. The molecule has 1 amide bonds. The molecule has 1 N–H and O–H groups in total. The first kappa shape index (κ1) is 22.8. The lowest BCUT2D eigenvalue weighted by atomic mass is 9.94. The molecule has 0 aliphatic carbocycles. The van der Waals surface area contributed by atoms with Gasteiger partial charge in [0.1, 0.15) is 0 Å². The topological polar surface area (TPSA) is 60.9 Å². The molecule has 1 aromatic heterocycles. The van der Waals surface area contributed by atoms with Gasteiger partial charge in [-0.25, -0.2) is 0 Å². The van der Waals surface area contributed by atoms with Gasteiger partial charge in [-0.2, -0.15) is 0 Å². The third kappa shape index (κ3) is 4.07. The van der Waals surface area contributed by atoms with Crippen LogP contribution in [0.15, 0.2) is 71.3 Å². The van der Waals surface area contributed by atoms with Crippen molar-refractivity contribution in [1.29, 1.82) is 0 Å². The molecule has 2 heterocycles. The van der Waals surface area contributed by atoms with Crippen LogP contribution >= 0.6 is 11.3 Å². The standard InChI is InChI=1S/C27H28N2O3S/c1-5-28(6-2)20-12-10-19(11-13-20)24-23(25(30)22-8-7-15-33-22)26(31)27(32)29(24)21-14-9-17(3)16-18(21)4/h7-16,24,31H,5-6H2,1-4H3. The van der Waals surface area contributed by atoms with Crippen LogP contribution in [0, 0.1) is 13.8 Å². The summed E-state index contributed by atoms with van der Waals surface area (Å²) in [5.41, 5.74) is 4.65. The lowest BCUT2D eigenvalue weighted by molar-refractivity contribution is -0.117. The maximum absolute atomic E-state index is 13.4. The zero-order valence-electron chi connectivity index (χ0n) is 19.3. The number of carbonyl (C=O) groups is 2. The van der Waals surface area contributed by atoms with Gasteiger partial charge in [-0.15, -0.1) is 11.3 Å². The zero-order chi connectivity index (χ0) is 23.7. The Kier molecular flexibility index (Phi) is 6.38. The number of carbonyl (C=O) groups excluding carboxylic acids is 2. The fourth-order valence-corrected chi connectivity index (χ4v) is 5.15. The van der Waals surface area contributed by atoms with Crippen LogP contribution in [0.25, 0.3) is 0 Å². The number of thiophene rings is 1. The van der Waals surface area contributed by atoms with Gasteiger partial charge in [0.15, 0.2) is 5.76 Å². The van der Waals surface area contributed by atoms with Crippen molar-refractivity contribution in [2.45, 2.75) is 33.7 Å². The van der Waals surface area contributed by atoms with Crippen molar-refractivity contribution in [2.75, 3.05) is 22.9 Å². The van der Waals surface area contributed by atoms with Crippen molar-refractivity contribution >= 4 is 34.4 Å². The summed E-state index contributed by atoms with van der Waals surface area (Å²) in [6.07, 6.45) is 0. The van der Waals surface area contributed by atoms with E-state index in [2.05, 4.69) is 18.7 Å². The maximum Gasteiger partial charge on any atom is 0.294 e. The minimum atomic E-state index is -0.709. The van der Waals surface area contributed by atoms with E-state index in [0.717, 1.165) is 35.5 Å². The number of aryl methyl sites for hydroxylation is 2. The summed E-state index contributed by atoms with van der Waals surface area (Å²) in [4.78, 5) is 31.1. The summed E-state index contributed by atoms with van der Waals surface area (Å²) in [6, 6.07) is 16.5. The molecule has 4 rings (SSSR count). The average Bonchev–Trinajstić information content (AvgIpc) is 3.43. The predicted octanol–water partition coefficient (Wildman–Crippen LogP) is 5.99. The Bertz CT molecular complexity index is 1210. The Morgan fingerprint density at radius 3 is 2.33 bits per heavy atom. The number of benzene rings is 2. The summed E-state index contributed by atoms with van der Waals surface area (Å²) in [7, 11) is 0. The highest BCUT2D eigenvalue weighted by Gasteiger charge is 2.45. The molecule has 0 saturated heterocycles. The highest BCUT2D eigenvalue weighted by Crippen LogP contribution is 2.43. The van der Waals surface area contributed by atoms with Crippen LogP contribution in [-0.2, 0) is 4.79 Å². The molecular weight excluding hydrogens is 432 g/mol. The first-order valence-corrected chi connectivity index (χ1v) is 12.0.